The number of hydrogen-bond donors (Lipinski definition) is 3. The number of alkyl halides is 13. The maximum absolute atomic E-state index is 16.1. The van der Waals surface area contributed by atoms with E-state index in [0.717, 1.165) is 99.9 Å². The van der Waals surface area contributed by atoms with E-state index in [2.05, 4.69) is 50.3 Å². The summed E-state index contributed by atoms with van der Waals surface area (Å²) in [4.78, 5) is 149. The molecule has 0 spiro atoms. The number of carbonyl (C=O) groups is 6. The summed E-state index contributed by atoms with van der Waals surface area (Å²) >= 11 is 0. The molecule has 45 heteroatoms. The molecule has 6 aliphatic carbocycles. The Morgan fingerprint density at radius 1 is 0.397 bits per heavy atom. The Balaban J connectivity index is 0.000000181. The van der Waals surface area contributed by atoms with Gasteiger partial charge in [-0.05, 0) is 213 Å². The van der Waals surface area contributed by atoms with Crippen LogP contribution >= 0.6 is 0 Å². The van der Waals surface area contributed by atoms with Crippen molar-refractivity contribution in [2.75, 3.05) is 19.6 Å². The Hall–Kier alpha value is -9.25. The molecule has 6 amide bonds. The predicted octanol–water partition coefficient (Wildman–Crippen LogP) is 18.5. The van der Waals surface area contributed by atoms with Crippen molar-refractivity contribution in [3.63, 3.8) is 0 Å². The standard InChI is InChI=1S/C34H40F5N4O6.C34H42F3N4O5.C33H38F5N4O6.3V/c1-5-19-24(16-44)43-15-26(19)47-29-27(40-22-10-9-18(14-23(22)41-29)49-34(37,38)39)33(35,36)11-7-6-8-20-21-12-17(21)13-25(20)48-31(46)42-28(30(43)45)32(2,3)4;1-5-20-26(17-42)41-16-28(20)45-30-24(38-23-12-11-19(34(35,36)37)15-25(23)39-30)10-8-6-7-9-21-22-13-18(22)14-27(21)46-32(44)40-29(31(41)43)33(2,3)4;1-16-23(15-43)42-14-25(16)46-28-26(39-21-9-8-18(13-22(21)40-28)48-33(36,37)38)32(34,35)10-6-5-7-19-20-11-17(20)12-24(19)47-30(45)41-27(29(42)44)31(2,3)4;;;/h9-10,14,17,19-21,24-26,28H,5-8,11-13,15H2,1-4H3,(H,42,46);11-12,15,18,20-22,26-29H,5-10,13-14,16H2,1-4H3,(H,40,44);8-9,13,16-17,19-20,23-25,27H,5-7,10-12,14H2,1-4H3,(H,41,45);;;/q3*-1;;;/t17?,19-,20+,21?,24+,25+,26-,28+;18?,20-,21+,22?,26+,27+,28-,29+;16-,17?,19+,20?,23+,24+,25-,27+;;;/m000.../s1. The minimum Gasteiger partial charge on any atom is -0.540 e. The van der Waals surface area contributed by atoms with Gasteiger partial charge in [0.1, 0.15) is 71.9 Å². The zero-order chi connectivity index (χ0) is 103. The minimum absolute atomic E-state index is 0. The molecule has 3 radical (unpaired) electrons. The second-order valence-electron chi connectivity index (χ2n) is 43.8. The number of hydrogen-bond acceptors (Lipinski definition) is 23. The van der Waals surface area contributed by atoms with Gasteiger partial charge in [0, 0.05) is 80.6 Å². The fourth-order valence-electron chi connectivity index (χ4n) is 23.1. The van der Waals surface area contributed by atoms with Gasteiger partial charge in [0.2, 0.25) is 35.4 Å². The van der Waals surface area contributed by atoms with E-state index in [0.29, 0.717) is 98.1 Å². The molecule has 6 aliphatic heterocycles. The van der Waals surface area contributed by atoms with E-state index < -0.39 is 221 Å². The molecular weight excluding hydrogens is 2050 g/mol. The number of halogens is 13. The minimum atomic E-state index is -5.00. The van der Waals surface area contributed by atoms with Gasteiger partial charge in [-0.15, -0.1) is 26.3 Å². The molecule has 795 valence electrons. The Bertz CT molecular complexity index is 5780. The summed E-state index contributed by atoms with van der Waals surface area (Å²) in [7, 11) is 0. The molecule has 18 rings (SSSR count). The number of carbonyl (C=O) groups excluding carboxylic acids is 9. The van der Waals surface area contributed by atoms with Crippen molar-refractivity contribution >= 4 is 88.0 Å². The summed E-state index contributed by atoms with van der Waals surface area (Å²) in [6.07, 6.45) is -3.77. The number of ether oxygens (including phenoxy) is 8. The van der Waals surface area contributed by atoms with Gasteiger partial charge >= 0.3 is 37.2 Å². The summed E-state index contributed by atoms with van der Waals surface area (Å²) in [5, 5.41) is 8.30. The van der Waals surface area contributed by atoms with Gasteiger partial charge in [0.25, 0.3) is 11.8 Å². The van der Waals surface area contributed by atoms with E-state index in [9.17, 15) is 82.7 Å². The van der Waals surface area contributed by atoms with Gasteiger partial charge in [-0.2, -0.15) is 30.7 Å². The molecule has 6 saturated carbocycles. The van der Waals surface area contributed by atoms with Crippen molar-refractivity contribution < 1.29 is 194 Å². The summed E-state index contributed by atoms with van der Waals surface area (Å²) in [6.45, 7) is 20.7. The van der Waals surface area contributed by atoms with Gasteiger partial charge in [0.05, 0.1) is 58.3 Å². The molecule has 9 heterocycles. The number of rotatable bonds is 7. The van der Waals surface area contributed by atoms with E-state index >= 15 is 17.6 Å². The predicted molar refractivity (Wildman–Crippen MR) is 486 cm³/mol. The summed E-state index contributed by atoms with van der Waals surface area (Å²) in [6, 6.07) is 2.78. The molecule has 3 saturated heterocycles. The largest absolute Gasteiger partial charge is 0.573 e. The van der Waals surface area contributed by atoms with Crippen LogP contribution in [0.1, 0.15) is 234 Å². The van der Waals surface area contributed by atoms with Gasteiger partial charge < -0.3 is 82.9 Å². The van der Waals surface area contributed by atoms with E-state index in [1.54, 1.807) is 55.4 Å². The zero-order valence-electron chi connectivity index (χ0n) is 82.7. The molecule has 9 fully saturated rings. The van der Waals surface area contributed by atoms with Crippen LogP contribution < -0.4 is 39.6 Å². The average Bonchev–Trinajstić information content (AvgIpc) is 1.59. The van der Waals surface area contributed by atoms with E-state index in [-0.39, 0.29) is 152 Å². The molecule has 6 bridgehead atoms. The molecule has 24 atom stereocenters. The Morgan fingerprint density at radius 3 is 1.11 bits per heavy atom. The first kappa shape index (κ1) is 114. The van der Waals surface area contributed by atoms with Crippen molar-refractivity contribution in [1.29, 1.82) is 0 Å². The van der Waals surface area contributed by atoms with E-state index in [1.165, 1.54) is 20.8 Å². The molecule has 146 heavy (non-hydrogen) atoms. The van der Waals surface area contributed by atoms with Crippen LogP contribution in [0.4, 0.5) is 71.5 Å². The summed E-state index contributed by atoms with van der Waals surface area (Å²) < 4.78 is 227. The average molecular weight is 2170 g/mol. The first-order valence-electron chi connectivity index (χ1n) is 49.5. The quantitative estimate of drug-likeness (QED) is 0.0759. The SMILES string of the molecule is CC[C@@H]1[C@@H]2CN(C(=O)[C@H](C(C)(C)C)NC(=O)O[C@@H]3CC4CC4[C@H]3CCCCC(F)(F)c3nc4ccc(OC(F)(F)F)cc4nc3O2)[C@@H]1[C-]=O.CC[C@@H]1[C@@H]2CN(C(=O)[C@H](C(C)(C)C)NC(=O)O[C@@H]3CC4CC4[C@H]3CCCCCc3nc4ccc(C(F)(F)F)cc4nc3O2)[C@@H]1[C-]=O.C[C@@H]1[C@@H]2CN(C(=O)[C@H](C(C)(C)C)NC(=O)O[C@@H]3CC4CC4[C@H]3CCCCC(F)(F)c3nc4ccc(OC(F)(F)F)cc4nc3O2)[C@@H]1[C-]=O.[V].[V].[V]. The number of benzene rings is 3. The van der Waals surface area contributed by atoms with Crippen molar-refractivity contribution in [2.45, 2.75) is 322 Å². The fraction of sp³-hybridized carbons (Fsp3) is 0.673. The third-order valence-corrected chi connectivity index (χ3v) is 30.9. The molecule has 12 aliphatic rings. The second kappa shape index (κ2) is 44.4. The van der Waals surface area contributed by atoms with Crippen LogP contribution in [0.3, 0.4) is 0 Å². The molecule has 6 aromatic rings. The van der Waals surface area contributed by atoms with Crippen LogP contribution in [0.5, 0.6) is 29.1 Å². The molecular formula is C101H120F13N12O17V3-3. The number of nitrogens with zero attached hydrogens (tertiary/aromatic N) is 9. The number of aryl methyl sites for hydroxylation is 1. The van der Waals surface area contributed by atoms with E-state index in [1.807, 2.05) is 46.6 Å². The zero-order valence-corrected chi connectivity index (χ0v) is 86.9. The Morgan fingerprint density at radius 2 is 0.740 bits per heavy atom. The summed E-state index contributed by atoms with van der Waals surface area (Å²) in [5.41, 5.74) is -4.43. The molecule has 3 aromatic carbocycles. The Kier molecular flexibility index (Phi) is 34.6. The van der Waals surface area contributed by atoms with Crippen LogP contribution in [-0.2, 0) is 123 Å². The first-order valence-corrected chi connectivity index (χ1v) is 49.5. The van der Waals surface area contributed by atoms with Crippen molar-refractivity contribution in [2.24, 2.45) is 87.3 Å². The third-order valence-electron chi connectivity index (χ3n) is 30.9. The molecule has 3 N–H and O–H groups in total. The summed E-state index contributed by atoms with van der Waals surface area (Å²) in [5.74, 6) is -10.2. The maximum Gasteiger partial charge on any atom is 0.573 e. The van der Waals surface area contributed by atoms with Crippen LogP contribution in [0, 0.1) is 87.3 Å². The van der Waals surface area contributed by atoms with E-state index in [4.69, 9.17) is 33.4 Å². The number of fused-ring (bicyclic) bond motifs is 21. The topological polar surface area (TPSA) is 351 Å². The number of aromatic nitrogens is 6. The Labute approximate surface area is 871 Å². The molecule has 6 unspecified atom stereocenters. The normalized spacial score (nSPS) is 31.6. The van der Waals surface area contributed by atoms with Crippen LogP contribution in [0.15, 0.2) is 54.6 Å². The second-order valence-corrected chi connectivity index (χ2v) is 43.8. The van der Waals surface area contributed by atoms with Gasteiger partial charge in [-0.3, -0.25) is 14.4 Å². The number of nitrogens with one attached hydrogen (secondary N) is 3. The van der Waals surface area contributed by atoms with Crippen LogP contribution in [0.2, 0.25) is 0 Å². The monoisotopic (exact) mass is 2170 g/mol. The van der Waals surface area contributed by atoms with Gasteiger partial charge in [0.15, 0.2) is 11.4 Å². The van der Waals surface area contributed by atoms with Gasteiger partial charge in [-0.25, -0.2) is 63.1 Å². The van der Waals surface area contributed by atoms with Crippen LogP contribution in [0.25, 0.3) is 33.1 Å². The van der Waals surface area contributed by atoms with Gasteiger partial charge in [-0.1, -0.05) is 140 Å². The van der Waals surface area contributed by atoms with Crippen molar-refractivity contribution in [3.05, 3.63) is 77.2 Å². The fourth-order valence-corrected chi connectivity index (χ4v) is 23.1. The molecule has 3 aromatic heterocycles. The van der Waals surface area contributed by atoms with Crippen LogP contribution in [-0.4, -0.2) is 205 Å². The first-order chi connectivity index (χ1) is 67.2. The van der Waals surface area contributed by atoms with Crippen molar-refractivity contribution in [1.82, 2.24) is 60.6 Å². The number of alkyl carbamates (subject to hydrolysis) is 3. The third kappa shape index (κ3) is 25.5. The number of amides is 6. The maximum atomic E-state index is 16.1. The molecule has 29 nitrogen and oxygen atoms in total. The van der Waals surface area contributed by atoms with Crippen molar-refractivity contribution in [3.8, 4) is 29.1 Å². The smallest absolute Gasteiger partial charge is 0.540 e.